The van der Waals surface area contributed by atoms with Crippen LogP contribution in [0.15, 0.2) is 5.10 Å². The van der Waals surface area contributed by atoms with Gasteiger partial charge in [0.1, 0.15) is 12.5 Å². The third-order valence-electron chi connectivity index (χ3n) is 1.92. The fourth-order valence-corrected chi connectivity index (χ4v) is 1.83. The number of halogens is 3. The van der Waals surface area contributed by atoms with Crippen molar-refractivity contribution in [2.45, 2.75) is 36.9 Å². The molecular formula is C7H12Cl3N3. The number of hydrazone groups is 1. The standard InChI is InChI=1S/C7H12Cl3N3/c1-5(2)13-6(3)12(4-11-13)7(8,9)10/h4-6H,1-3H3. The lowest BCUT2D eigenvalue weighted by molar-refractivity contribution is 0.113. The van der Waals surface area contributed by atoms with E-state index in [9.17, 15) is 0 Å². The van der Waals surface area contributed by atoms with Crippen molar-refractivity contribution in [1.29, 1.82) is 0 Å². The van der Waals surface area contributed by atoms with E-state index in [-0.39, 0.29) is 6.17 Å². The smallest absolute Gasteiger partial charge is 0.270 e. The van der Waals surface area contributed by atoms with Crippen LogP contribution in [-0.4, -0.2) is 32.4 Å². The Morgan fingerprint density at radius 2 is 1.92 bits per heavy atom. The van der Waals surface area contributed by atoms with Crippen molar-refractivity contribution in [3.8, 4) is 0 Å². The predicted molar refractivity (Wildman–Crippen MR) is 57.1 cm³/mol. The summed E-state index contributed by atoms with van der Waals surface area (Å²) in [7, 11) is 0. The van der Waals surface area contributed by atoms with Gasteiger partial charge >= 0.3 is 0 Å². The lowest BCUT2D eigenvalue weighted by Crippen LogP contribution is -2.45. The summed E-state index contributed by atoms with van der Waals surface area (Å²) >= 11 is 17.2. The van der Waals surface area contributed by atoms with Crippen LogP contribution in [0.5, 0.6) is 0 Å². The summed E-state index contributed by atoms with van der Waals surface area (Å²) in [5.74, 6) is 0. The molecule has 1 aliphatic heterocycles. The third kappa shape index (κ3) is 2.33. The molecule has 0 radical (unpaired) electrons. The first-order chi connectivity index (χ1) is 5.84. The molecule has 0 N–H and O–H groups in total. The molecule has 0 fully saturated rings. The van der Waals surface area contributed by atoms with Gasteiger partial charge in [-0.25, -0.2) is 0 Å². The van der Waals surface area contributed by atoms with Gasteiger partial charge in [-0.2, -0.15) is 5.10 Å². The van der Waals surface area contributed by atoms with Crippen LogP contribution in [0, 0.1) is 0 Å². The molecule has 1 atom stereocenters. The minimum Gasteiger partial charge on any atom is -0.295 e. The molecule has 0 aromatic rings. The molecule has 0 amide bonds. The topological polar surface area (TPSA) is 18.8 Å². The van der Waals surface area contributed by atoms with Gasteiger partial charge in [0.2, 0.25) is 0 Å². The Morgan fingerprint density at radius 1 is 1.38 bits per heavy atom. The van der Waals surface area contributed by atoms with Gasteiger partial charge in [0.25, 0.3) is 3.92 Å². The molecular weight excluding hydrogens is 232 g/mol. The average Bonchev–Trinajstić information content (AvgIpc) is 2.28. The molecule has 1 heterocycles. The lowest BCUT2D eigenvalue weighted by atomic mass is 10.3. The van der Waals surface area contributed by atoms with Crippen LogP contribution in [0.2, 0.25) is 0 Å². The first-order valence-electron chi connectivity index (χ1n) is 4.01. The van der Waals surface area contributed by atoms with Gasteiger partial charge in [-0.05, 0) is 20.8 Å². The number of nitrogens with zero attached hydrogens (tertiary/aromatic N) is 3. The van der Waals surface area contributed by atoms with Crippen LogP contribution < -0.4 is 0 Å². The summed E-state index contributed by atoms with van der Waals surface area (Å²) in [6.07, 6.45) is 1.53. The number of hydrogen-bond donors (Lipinski definition) is 0. The lowest BCUT2D eigenvalue weighted by Gasteiger charge is -2.33. The fourth-order valence-electron chi connectivity index (χ4n) is 1.28. The zero-order chi connectivity index (χ0) is 10.2. The van der Waals surface area contributed by atoms with Crippen LogP contribution in [0.25, 0.3) is 0 Å². The van der Waals surface area contributed by atoms with Gasteiger partial charge in [-0.3, -0.25) is 9.91 Å². The van der Waals surface area contributed by atoms with Gasteiger partial charge < -0.3 is 0 Å². The Balaban J connectivity index is 2.72. The van der Waals surface area contributed by atoms with E-state index in [0.29, 0.717) is 6.04 Å². The molecule has 3 nitrogen and oxygen atoms in total. The molecule has 0 saturated carbocycles. The van der Waals surface area contributed by atoms with Crippen molar-refractivity contribution in [1.82, 2.24) is 9.91 Å². The van der Waals surface area contributed by atoms with Crippen molar-refractivity contribution >= 4 is 41.1 Å². The van der Waals surface area contributed by atoms with E-state index in [1.807, 2.05) is 25.8 Å². The van der Waals surface area contributed by atoms with Gasteiger partial charge in [-0.15, -0.1) is 0 Å². The highest BCUT2D eigenvalue weighted by atomic mass is 35.6. The summed E-state index contributed by atoms with van der Waals surface area (Å²) in [5.41, 5.74) is 0. The second-order valence-electron chi connectivity index (χ2n) is 3.21. The van der Waals surface area contributed by atoms with E-state index < -0.39 is 3.92 Å². The fraction of sp³-hybridized carbons (Fsp3) is 0.857. The van der Waals surface area contributed by atoms with Crippen LogP contribution in [0.4, 0.5) is 0 Å². The highest BCUT2D eigenvalue weighted by Gasteiger charge is 2.38. The van der Waals surface area contributed by atoms with E-state index in [0.717, 1.165) is 0 Å². The quantitative estimate of drug-likeness (QED) is 0.522. The van der Waals surface area contributed by atoms with Crippen LogP contribution >= 0.6 is 34.8 Å². The zero-order valence-electron chi connectivity index (χ0n) is 7.71. The second-order valence-corrected chi connectivity index (χ2v) is 5.43. The summed E-state index contributed by atoms with van der Waals surface area (Å²) in [6, 6.07) is 0.295. The van der Waals surface area contributed by atoms with Gasteiger partial charge in [0.15, 0.2) is 0 Å². The Bertz CT molecular complexity index is 212. The van der Waals surface area contributed by atoms with Crippen molar-refractivity contribution in [2.24, 2.45) is 5.10 Å². The Morgan fingerprint density at radius 3 is 2.15 bits per heavy atom. The van der Waals surface area contributed by atoms with E-state index in [2.05, 4.69) is 5.10 Å². The maximum atomic E-state index is 5.74. The number of alkyl halides is 3. The SMILES string of the molecule is CC(C)N1N=CN(C(Cl)(Cl)Cl)C1C. The van der Waals surface area contributed by atoms with Crippen LogP contribution in [0.3, 0.4) is 0 Å². The van der Waals surface area contributed by atoms with Gasteiger partial charge in [-0.1, -0.05) is 34.8 Å². The normalized spacial score (nSPS) is 23.5. The van der Waals surface area contributed by atoms with E-state index in [1.165, 1.54) is 0 Å². The molecule has 0 aromatic heterocycles. The molecule has 13 heavy (non-hydrogen) atoms. The Kier molecular flexibility index (Phi) is 3.20. The molecule has 1 aliphatic rings. The predicted octanol–water partition coefficient (Wildman–Crippen LogP) is 2.63. The summed E-state index contributed by atoms with van der Waals surface area (Å²) in [4.78, 5) is 1.58. The second kappa shape index (κ2) is 3.71. The first kappa shape index (κ1) is 11.2. The number of hydrogen-bond acceptors (Lipinski definition) is 3. The summed E-state index contributed by atoms with van der Waals surface area (Å²) < 4.78 is -1.42. The third-order valence-corrected chi connectivity index (χ3v) is 2.50. The van der Waals surface area contributed by atoms with Crippen LogP contribution in [0.1, 0.15) is 20.8 Å². The van der Waals surface area contributed by atoms with Crippen molar-refractivity contribution in [3.63, 3.8) is 0 Å². The van der Waals surface area contributed by atoms with Crippen molar-refractivity contribution in [2.75, 3.05) is 0 Å². The highest BCUT2D eigenvalue weighted by molar-refractivity contribution is 6.67. The monoisotopic (exact) mass is 243 g/mol. The molecule has 0 aliphatic carbocycles. The number of rotatable bonds is 1. The molecule has 6 heteroatoms. The largest absolute Gasteiger partial charge is 0.295 e. The molecule has 0 aromatic carbocycles. The van der Waals surface area contributed by atoms with Gasteiger partial charge in [0, 0.05) is 6.04 Å². The molecule has 76 valence electrons. The first-order valence-corrected chi connectivity index (χ1v) is 5.15. The maximum absolute atomic E-state index is 5.74. The summed E-state index contributed by atoms with van der Waals surface area (Å²) in [5, 5.41) is 6.02. The molecule has 0 spiro atoms. The minimum atomic E-state index is -1.42. The van der Waals surface area contributed by atoms with E-state index >= 15 is 0 Å². The molecule has 1 rings (SSSR count). The van der Waals surface area contributed by atoms with Gasteiger partial charge in [0.05, 0.1) is 0 Å². The van der Waals surface area contributed by atoms with Crippen LogP contribution in [-0.2, 0) is 0 Å². The summed E-state index contributed by atoms with van der Waals surface area (Å²) in [6.45, 7) is 6.01. The van der Waals surface area contributed by atoms with Crippen molar-refractivity contribution < 1.29 is 0 Å². The zero-order valence-corrected chi connectivity index (χ0v) is 9.98. The van der Waals surface area contributed by atoms with E-state index in [1.54, 1.807) is 11.2 Å². The maximum Gasteiger partial charge on any atom is 0.270 e. The average molecular weight is 245 g/mol. The Hall–Kier alpha value is 0.140. The molecule has 1 unspecified atom stereocenters. The highest BCUT2D eigenvalue weighted by Crippen LogP contribution is 2.34. The minimum absolute atomic E-state index is 0.0208. The van der Waals surface area contributed by atoms with E-state index in [4.69, 9.17) is 34.8 Å². The molecule has 0 bridgehead atoms. The van der Waals surface area contributed by atoms with Crippen molar-refractivity contribution in [3.05, 3.63) is 0 Å². The Labute approximate surface area is 93.2 Å². The molecule has 0 saturated heterocycles.